The van der Waals surface area contributed by atoms with Crippen LogP contribution in [0.1, 0.15) is 37.9 Å². The minimum Gasteiger partial charge on any atom is -0.356 e. The van der Waals surface area contributed by atoms with Gasteiger partial charge in [0, 0.05) is 48.4 Å². The van der Waals surface area contributed by atoms with Gasteiger partial charge in [0.1, 0.15) is 5.82 Å². The SMILES string of the molecule is Cc1ccc(-c2cc3nc(C)cc(N4CCC(C(=O)NC(C)C)CC4)n3n2)cc1. The lowest BCUT2D eigenvalue weighted by Crippen LogP contribution is -2.43. The number of hydrogen-bond acceptors (Lipinski definition) is 4. The highest BCUT2D eigenvalue weighted by Crippen LogP contribution is 2.27. The third-order valence-corrected chi connectivity index (χ3v) is 5.50. The first-order chi connectivity index (χ1) is 13.9. The zero-order valence-corrected chi connectivity index (χ0v) is 17.6. The van der Waals surface area contributed by atoms with Gasteiger partial charge in [0.2, 0.25) is 5.91 Å². The second-order valence-electron chi connectivity index (χ2n) is 8.35. The highest BCUT2D eigenvalue weighted by molar-refractivity contribution is 5.79. The van der Waals surface area contributed by atoms with Crippen LogP contribution < -0.4 is 10.2 Å². The third kappa shape index (κ3) is 4.11. The molecule has 29 heavy (non-hydrogen) atoms. The molecule has 3 aromatic rings. The molecule has 0 bridgehead atoms. The molecule has 2 aromatic heterocycles. The number of anilines is 1. The standard InChI is InChI=1S/C23H29N5O/c1-15(2)24-23(29)19-9-11-27(12-10-19)22-13-17(4)25-21-14-20(26-28(21)22)18-7-5-16(3)6-8-18/h5-8,13-15,19H,9-12H2,1-4H3,(H,24,29). The number of rotatable bonds is 4. The first-order valence-corrected chi connectivity index (χ1v) is 10.4. The van der Waals surface area contributed by atoms with Gasteiger partial charge >= 0.3 is 0 Å². The van der Waals surface area contributed by atoms with Crippen LogP contribution in [-0.4, -0.2) is 39.6 Å². The Bertz CT molecular complexity index is 1010. The molecule has 3 heterocycles. The Morgan fingerprint density at radius 1 is 1.10 bits per heavy atom. The van der Waals surface area contributed by atoms with Crippen molar-refractivity contribution in [2.75, 3.05) is 18.0 Å². The van der Waals surface area contributed by atoms with E-state index in [4.69, 9.17) is 5.10 Å². The van der Waals surface area contributed by atoms with Gasteiger partial charge in [-0.3, -0.25) is 4.79 Å². The Labute approximate surface area is 171 Å². The van der Waals surface area contributed by atoms with E-state index < -0.39 is 0 Å². The molecule has 152 valence electrons. The van der Waals surface area contributed by atoms with E-state index in [1.807, 2.05) is 31.4 Å². The van der Waals surface area contributed by atoms with Crippen molar-refractivity contribution in [3.05, 3.63) is 47.7 Å². The van der Waals surface area contributed by atoms with E-state index in [1.54, 1.807) is 0 Å². The molecule has 6 nitrogen and oxygen atoms in total. The molecule has 4 rings (SSSR count). The average Bonchev–Trinajstić information content (AvgIpc) is 3.11. The molecule has 1 aromatic carbocycles. The number of nitrogens with zero attached hydrogens (tertiary/aromatic N) is 4. The first kappa shape index (κ1) is 19.4. The van der Waals surface area contributed by atoms with Crippen LogP contribution in [0, 0.1) is 19.8 Å². The number of aromatic nitrogens is 3. The van der Waals surface area contributed by atoms with Crippen LogP contribution in [-0.2, 0) is 4.79 Å². The molecule has 0 spiro atoms. The summed E-state index contributed by atoms with van der Waals surface area (Å²) in [5.74, 6) is 1.32. The fraction of sp³-hybridized carbons (Fsp3) is 0.435. The monoisotopic (exact) mass is 391 g/mol. The van der Waals surface area contributed by atoms with Crippen LogP contribution in [0.2, 0.25) is 0 Å². The second kappa shape index (κ2) is 7.85. The molecule has 0 radical (unpaired) electrons. The van der Waals surface area contributed by atoms with Crippen LogP contribution in [0.25, 0.3) is 16.9 Å². The number of benzene rings is 1. The fourth-order valence-electron chi connectivity index (χ4n) is 3.94. The summed E-state index contributed by atoms with van der Waals surface area (Å²) < 4.78 is 1.94. The zero-order chi connectivity index (χ0) is 20.5. The van der Waals surface area contributed by atoms with E-state index >= 15 is 0 Å². The van der Waals surface area contributed by atoms with Crippen molar-refractivity contribution in [3.8, 4) is 11.3 Å². The van der Waals surface area contributed by atoms with Crippen molar-refractivity contribution < 1.29 is 4.79 Å². The fourth-order valence-corrected chi connectivity index (χ4v) is 3.94. The van der Waals surface area contributed by atoms with E-state index in [9.17, 15) is 4.79 Å². The summed E-state index contributed by atoms with van der Waals surface area (Å²) in [6, 6.07) is 12.7. The van der Waals surface area contributed by atoms with Crippen LogP contribution >= 0.6 is 0 Å². The summed E-state index contributed by atoms with van der Waals surface area (Å²) in [5, 5.41) is 7.90. The molecule has 1 aliphatic rings. The van der Waals surface area contributed by atoms with Gasteiger partial charge in [-0.1, -0.05) is 29.8 Å². The summed E-state index contributed by atoms with van der Waals surface area (Å²) in [6.07, 6.45) is 1.71. The number of nitrogens with one attached hydrogen (secondary N) is 1. The second-order valence-corrected chi connectivity index (χ2v) is 8.35. The third-order valence-electron chi connectivity index (χ3n) is 5.50. The Morgan fingerprint density at radius 3 is 2.45 bits per heavy atom. The van der Waals surface area contributed by atoms with Crippen molar-refractivity contribution in [1.82, 2.24) is 19.9 Å². The summed E-state index contributed by atoms with van der Waals surface area (Å²) in [7, 11) is 0. The summed E-state index contributed by atoms with van der Waals surface area (Å²) in [5.41, 5.74) is 5.08. The van der Waals surface area contributed by atoms with Crippen molar-refractivity contribution in [2.45, 2.75) is 46.6 Å². The lowest BCUT2D eigenvalue weighted by molar-refractivity contribution is -0.126. The minimum atomic E-state index is 0.0906. The van der Waals surface area contributed by atoms with E-state index in [0.717, 1.165) is 54.3 Å². The molecule has 0 unspecified atom stereocenters. The molecule has 1 N–H and O–H groups in total. The quantitative estimate of drug-likeness (QED) is 0.736. The van der Waals surface area contributed by atoms with Gasteiger partial charge < -0.3 is 10.2 Å². The van der Waals surface area contributed by atoms with E-state index in [1.165, 1.54) is 5.56 Å². The van der Waals surface area contributed by atoms with Crippen molar-refractivity contribution in [1.29, 1.82) is 0 Å². The van der Waals surface area contributed by atoms with Gasteiger partial charge in [-0.15, -0.1) is 0 Å². The zero-order valence-electron chi connectivity index (χ0n) is 17.6. The van der Waals surface area contributed by atoms with Crippen LogP contribution in [0.5, 0.6) is 0 Å². The highest BCUT2D eigenvalue weighted by atomic mass is 16.1. The van der Waals surface area contributed by atoms with E-state index in [0.29, 0.717) is 0 Å². The number of fused-ring (bicyclic) bond motifs is 1. The molecule has 1 aliphatic heterocycles. The largest absolute Gasteiger partial charge is 0.356 e. The minimum absolute atomic E-state index is 0.0906. The van der Waals surface area contributed by atoms with Crippen LogP contribution in [0.4, 0.5) is 5.82 Å². The first-order valence-electron chi connectivity index (χ1n) is 10.4. The lowest BCUT2D eigenvalue weighted by Gasteiger charge is -2.33. The van der Waals surface area contributed by atoms with Gasteiger partial charge in [-0.05, 0) is 40.5 Å². The van der Waals surface area contributed by atoms with Gasteiger partial charge in [-0.25, -0.2) is 4.98 Å². The molecule has 1 fully saturated rings. The summed E-state index contributed by atoms with van der Waals surface area (Å²) in [4.78, 5) is 19.4. The molecular formula is C23H29N5O. The van der Waals surface area contributed by atoms with Crippen molar-refractivity contribution in [3.63, 3.8) is 0 Å². The van der Waals surface area contributed by atoms with Gasteiger partial charge in [0.05, 0.1) is 5.69 Å². The number of hydrogen-bond donors (Lipinski definition) is 1. The van der Waals surface area contributed by atoms with Crippen LogP contribution in [0.3, 0.4) is 0 Å². The van der Waals surface area contributed by atoms with Gasteiger partial charge in [-0.2, -0.15) is 9.61 Å². The van der Waals surface area contributed by atoms with Gasteiger partial charge in [0.25, 0.3) is 0 Å². The molecule has 1 saturated heterocycles. The average molecular weight is 392 g/mol. The number of piperidine rings is 1. The highest BCUT2D eigenvalue weighted by Gasteiger charge is 2.27. The van der Waals surface area contributed by atoms with E-state index in [-0.39, 0.29) is 17.9 Å². The Kier molecular flexibility index (Phi) is 5.26. The predicted octanol–water partition coefficient (Wildman–Crippen LogP) is 3.75. The maximum atomic E-state index is 12.3. The number of carbonyl (C=O) groups excluding carboxylic acids is 1. The number of aryl methyl sites for hydroxylation is 2. The van der Waals surface area contributed by atoms with E-state index in [2.05, 4.69) is 52.5 Å². The van der Waals surface area contributed by atoms with Crippen molar-refractivity contribution in [2.24, 2.45) is 5.92 Å². The molecule has 0 atom stereocenters. The Morgan fingerprint density at radius 2 is 1.79 bits per heavy atom. The van der Waals surface area contributed by atoms with Crippen LogP contribution in [0.15, 0.2) is 36.4 Å². The molecule has 1 amide bonds. The summed E-state index contributed by atoms with van der Waals surface area (Å²) in [6.45, 7) is 9.80. The maximum absolute atomic E-state index is 12.3. The summed E-state index contributed by atoms with van der Waals surface area (Å²) >= 11 is 0. The topological polar surface area (TPSA) is 62.5 Å². The predicted molar refractivity (Wildman–Crippen MR) is 116 cm³/mol. The molecule has 6 heteroatoms. The number of carbonyl (C=O) groups is 1. The lowest BCUT2D eigenvalue weighted by atomic mass is 9.95. The van der Waals surface area contributed by atoms with Crippen molar-refractivity contribution >= 4 is 17.4 Å². The normalized spacial score (nSPS) is 15.3. The molecular weight excluding hydrogens is 362 g/mol. The molecule has 0 aliphatic carbocycles. The molecule has 0 saturated carbocycles. The number of amides is 1. The van der Waals surface area contributed by atoms with Gasteiger partial charge in [0.15, 0.2) is 5.65 Å². The smallest absolute Gasteiger partial charge is 0.223 e. The Hall–Kier alpha value is -2.89. The Balaban J connectivity index is 1.59. The maximum Gasteiger partial charge on any atom is 0.223 e.